The number of nitrogens with zero attached hydrogens (tertiary/aromatic N) is 1. The van der Waals surface area contributed by atoms with Crippen molar-refractivity contribution in [2.45, 2.75) is 285 Å². The Hall–Kier alpha value is -1.87. The highest BCUT2D eigenvalue weighted by Crippen LogP contribution is 2.25. The zero-order chi connectivity index (χ0) is 48.4. The first-order valence-electron chi connectivity index (χ1n) is 28.8. The fraction of sp³-hybridized carbons (Fsp3) is 0.947. The molecule has 0 aromatic rings. The monoisotopic (exact) mass is 937 g/mol. The van der Waals surface area contributed by atoms with Gasteiger partial charge in [-0.05, 0) is 102 Å². The molecule has 9 heteroatoms. The van der Waals surface area contributed by atoms with Crippen LogP contribution in [0.25, 0.3) is 0 Å². The first-order chi connectivity index (χ1) is 32.3. The Morgan fingerprint density at radius 2 is 0.773 bits per heavy atom. The van der Waals surface area contributed by atoms with Crippen molar-refractivity contribution >= 4 is 18.0 Å². The van der Waals surface area contributed by atoms with E-state index in [9.17, 15) is 14.4 Å². The molecule has 0 spiro atoms. The van der Waals surface area contributed by atoms with E-state index in [0.29, 0.717) is 57.6 Å². The lowest BCUT2D eigenvalue weighted by Gasteiger charge is -2.19. The molecule has 0 saturated heterocycles. The van der Waals surface area contributed by atoms with E-state index in [4.69, 9.17) is 18.9 Å². The molecule has 1 N–H and O–H groups in total. The highest BCUT2D eigenvalue weighted by Gasteiger charge is 2.18. The largest absolute Gasteiger partial charge is 0.466 e. The summed E-state index contributed by atoms with van der Waals surface area (Å²) in [7, 11) is 2.06. The average Bonchev–Trinajstić information content (AvgIpc) is 3.31. The number of nitrogens with one attached hydrogen (secondary N) is 1. The fourth-order valence-corrected chi connectivity index (χ4v) is 8.97. The van der Waals surface area contributed by atoms with Crippen LogP contribution in [0.2, 0.25) is 0 Å². The van der Waals surface area contributed by atoms with E-state index < -0.39 is 6.09 Å². The molecule has 1 amide bonds. The maximum Gasteiger partial charge on any atom is 0.407 e. The van der Waals surface area contributed by atoms with Crippen molar-refractivity contribution in [2.75, 3.05) is 53.1 Å². The van der Waals surface area contributed by atoms with Crippen molar-refractivity contribution in [3.05, 3.63) is 0 Å². The molecule has 392 valence electrons. The van der Waals surface area contributed by atoms with Crippen molar-refractivity contribution in [3.63, 3.8) is 0 Å². The molecule has 0 rings (SSSR count). The first-order valence-corrected chi connectivity index (χ1v) is 28.8. The molecule has 0 aromatic heterocycles. The molecule has 0 aliphatic heterocycles. The summed E-state index contributed by atoms with van der Waals surface area (Å²) in [6, 6.07) is 0. The van der Waals surface area contributed by atoms with Crippen LogP contribution in [0.4, 0.5) is 4.79 Å². The minimum Gasteiger partial charge on any atom is -0.466 e. The van der Waals surface area contributed by atoms with E-state index in [2.05, 4.69) is 51.9 Å². The van der Waals surface area contributed by atoms with Gasteiger partial charge < -0.3 is 29.2 Å². The normalized spacial score (nSPS) is 11.7. The number of ether oxygens (including phenoxy) is 4. The SMILES string of the molecule is CCCCCCCCC(CCCCCCCC)CC(=O)OCCCCCC(CCCCCOC(=O)CC(CCCCCCCC)CCCCCCCC)OC(=O)NCCOCCN(C)CC. The van der Waals surface area contributed by atoms with E-state index in [1.807, 2.05) is 0 Å². The molecule has 9 nitrogen and oxygen atoms in total. The number of unbranched alkanes of at least 4 members (excludes halogenated alkanes) is 24. The number of hydrogen-bond donors (Lipinski definition) is 1. The maximum atomic E-state index is 13.0. The molecular weight excluding hydrogens is 825 g/mol. The lowest BCUT2D eigenvalue weighted by Crippen LogP contribution is -2.32. The minimum absolute atomic E-state index is 0.0389. The lowest BCUT2D eigenvalue weighted by molar-refractivity contribution is -0.146. The Morgan fingerprint density at radius 1 is 0.424 bits per heavy atom. The number of esters is 2. The highest BCUT2D eigenvalue weighted by atomic mass is 16.6. The van der Waals surface area contributed by atoms with E-state index in [-0.39, 0.29) is 18.0 Å². The van der Waals surface area contributed by atoms with Crippen LogP contribution in [0.15, 0.2) is 0 Å². The molecule has 0 saturated carbocycles. The molecule has 0 atom stereocenters. The number of rotatable bonds is 52. The van der Waals surface area contributed by atoms with Gasteiger partial charge >= 0.3 is 18.0 Å². The number of likely N-dealkylation sites (N-methyl/N-ethyl adjacent to an activating group) is 1. The van der Waals surface area contributed by atoms with Gasteiger partial charge in [0, 0.05) is 25.9 Å². The van der Waals surface area contributed by atoms with Gasteiger partial charge in [-0.25, -0.2) is 4.79 Å². The molecule has 0 fully saturated rings. The van der Waals surface area contributed by atoms with Gasteiger partial charge in [0.1, 0.15) is 6.10 Å². The number of carbonyl (C=O) groups is 3. The summed E-state index contributed by atoms with van der Waals surface area (Å²) in [4.78, 5) is 40.9. The second kappa shape index (κ2) is 51.0. The molecule has 0 bridgehead atoms. The second-order valence-electron chi connectivity index (χ2n) is 20.0. The molecule has 66 heavy (non-hydrogen) atoms. The van der Waals surface area contributed by atoms with E-state index in [1.54, 1.807) is 0 Å². The lowest BCUT2D eigenvalue weighted by atomic mass is 9.91. The van der Waals surface area contributed by atoms with Crippen molar-refractivity contribution in [1.82, 2.24) is 10.2 Å². The number of amides is 1. The van der Waals surface area contributed by atoms with Gasteiger partial charge in [-0.1, -0.05) is 189 Å². The molecule has 0 aliphatic carbocycles. The van der Waals surface area contributed by atoms with Crippen LogP contribution in [0.1, 0.15) is 279 Å². The Labute approximate surface area is 409 Å². The predicted molar refractivity (Wildman–Crippen MR) is 279 cm³/mol. The summed E-state index contributed by atoms with van der Waals surface area (Å²) in [5.41, 5.74) is 0. The van der Waals surface area contributed by atoms with Crippen LogP contribution in [-0.4, -0.2) is 82.1 Å². The summed E-state index contributed by atoms with van der Waals surface area (Å²) in [5, 5.41) is 2.87. The van der Waals surface area contributed by atoms with Gasteiger partial charge in [0.05, 0.1) is 26.4 Å². The third-order valence-corrected chi connectivity index (χ3v) is 13.6. The fourth-order valence-electron chi connectivity index (χ4n) is 8.97. The average molecular weight is 938 g/mol. The van der Waals surface area contributed by atoms with Crippen LogP contribution >= 0.6 is 0 Å². The predicted octanol–water partition coefficient (Wildman–Crippen LogP) is 16.3. The summed E-state index contributed by atoms with van der Waals surface area (Å²) < 4.78 is 23.2. The van der Waals surface area contributed by atoms with Crippen LogP contribution in [-0.2, 0) is 28.5 Å². The number of hydrogen-bond acceptors (Lipinski definition) is 8. The van der Waals surface area contributed by atoms with Gasteiger partial charge in [-0.2, -0.15) is 0 Å². The van der Waals surface area contributed by atoms with Crippen LogP contribution in [0.3, 0.4) is 0 Å². The van der Waals surface area contributed by atoms with Gasteiger partial charge in [-0.15, -0.1) is 0 Å². The van der Waals surface area contributed by atoms with Crippen molar-refractivity contribution in [2.24, 2.45) is 11.8 Å². The quantitative estimate of drug-likeness (QED) is 0.0365. The van der Waals surface area contributed by atoms with E-state index >= 15 is 0 Å². The Morgan fingerprint density at radius 3 is 1.15 bits per heavy atom. The molecule has 0 aliphatic rings. The van der Waals surface area contributed by atoms with Gasteiger partial charge in [0.25, 0.3) is 0 Å². The van der Waals surface area contributed by atoms with Gasteiger partial charge in [0.15, 0.2) is 0 Å². The minimum atomic E-state index is -0.398. The van der Waals surface area contributed by atoms with Crippen molar-refractivity contribution < 1.29 is 33.3 Å². The first kappa shape index (κ1) is 64.1. The maximum absolute atomic E-state index is 13.0. The third-order valence-electron chi connectivity index (χ3n) is 13.6. The van der Waals surface area contributed by atoms with Crippen molar-refractivity contribution in [3.8, 4) is 0 Å². The molecule has 0 unspecified atom stereocenters. The molecule has 0 heterocycles. The van der Waals surface area contributed by atoms with Crippen molar-refractivity contribution in [1.29, 1.82) is 0 Å². The summed E-state index contributed by atoms with van der Waals surface area (Å²) in [6.45, 7) is 15.4. The Balaban J connectivity index is 4.89. The smallest absolute Gasteiger partial charge is 0.407 e. The van der Waals surface area contributed by atoms with Crippen LogP contribution in [0, 0.1) is 11.8 Å². The van der Waals surface area contributed by atoms with E-state index in [1.165, 1.54) is 154 Å². The topological polar surface area (TPSA) is 103 Å². The Bertz CT molecular complexity index is 950. The molecular formula is C57H112N2O7. The summed E-state index contributed by atoms with van der Waals surface area (Å²) >= 11 is 0. The molecule has 0 radical (unpaired) electrons. The summed E-state index contributed by atoms with van der Waals surface area (Å²) in [5.74, 6) is 0.796. The second-order valence-corrected chi connectivity index (χ2v) is 20.0. The Kier molecular flexibility index (Phi) is 49.5. The van der Waals surface area contributed by atoms with Gasteiger partial charge in [-0.3, -0.25) is 9.59 Å². The number of carbonyl (C=O) groups excluding carboxylic acids is 3. The molecule has 0 aromatic carbocycles. The zero-order valence-electron chi connectivity index (χ0n) is 44.9. The van der Waals surface area contributed by atoms with E-state index in [0.717, 1.165) is 90.1 Å². The van der Waals surface area contributed by atoms with Crippen LogP contribution in [0.5, 0.6) is 0 Å². The van der Waals surface area contributed by atoms with Gasteiger partial charge in [0.2, 0.25) is 0 Å². The standard InChI is InChI=1S/C57H112N2O7/c1-7-12-16-20-24-30-38-52(39-31-25-21-17-13-8-2)50-55(60)64-46-36-28-34-42-54(66-57(62)58-44-48-63-49-45-59(6)11-5)43-35-29-37-47-65-56(61)51-53(40-32-26-22-18-14-9-3)41-33-27-23-19-15-10-4/h52-54H,7-51H2,1-6H3,(H,58,62). The third kappa shape index (κ3) is 45.9. The highest BCUT2D eigenvalue weighted by molar-refractivity contribution is 5.70. The van der Waals surface area contributed by atoms with Crippen LogP contribution < -0.4 is 5.32 Å². The zero-order valence-corrected chi connectivity index (χ0v) is 44.9. The number of alkyl carbamates (subject to hydrolysis) is 1. The summed E-state index contributed by atoms with van der Waals surface area (Å²) in [6.07, 6.45) is 42.7.